The number of benzene rings is 1. The SMILES string of the molecule is CN(C)S(=O)(=O)c1cccnc1C(=O)NC1CC(c2ccc(Cl)cc2)C1. The molecule has 0 unspecified atom stereocenters. The van der Waals surface area contributed by atoms with Crippen LogP contribution in [0.5, 0.6) is 0 Å². The van der Waals surface area contributed by atoms with E-state index < -0.39 is 15.9 Å². The van der Waals surface area contributed by atoms with E-state index >= 15 is 0 Å². The summed E-state index contributed by atoms with van der Waals surface area (Å²) in [5.41, 5.74) is 1.12. The number of amides is 1. The van der Waals surface area contributed by atoms with Crippen LogP contribution >= 0.6 is 11.6 Å². The van der Waals surface area contributed by atoms with E-state index in [1.54, 1.807) is 0 Å². The molecule has 1 amide bonds. The van der Waals surface area contributed by atoms with Gasteiger partial charge in [-0.15, -0.1) is 0 Å². The maximum atomic E-state index is 12.6. The van der Waals surface area contributed by atoms with Gasteiger partial charge in [-0.1, -0.05) is 23.7 Å². The Bertz CT molecular complexity index is 908. The highest BCUT2D eigenvalue weighted by Gasteiger charge is 2.33. The molecule has 1 N–H and O–H groups in total. The molecule has 1 heterocycles. The highest BCUT2D eigenvalue weighted by Crippen LogP contribution is 2.37. The van der Waals surface area contributed by atoms with E-state index in [-0.39, 0.29) is 16.6 Å². The molecule has 1 aromatic carbocycles. The van der Waals surface area contributed by atoms with Gasteiger partial charge in [0.15, 0.2) is 0 Å². The Morgan fingerprint density at radius 3 is 2.46 bits per heavy atom. The molecule has 3 rings (SSSR count). The Kier molecular flexibility index (Phi) is 5.32. The van der Waals surface area contributed by atoms with Crippen LogP contribution in [0.2, 0.25) is 5.02 Å². The third kappa shape index (κ3) is 3.75. The number of halogens is 1. The predicted molar refractivity (Wildman–Crippen MR) is 99.8 cm³/mol. The summed E-state index contributed by atoms with van der Waals surface area (Å²) in [6.45, 7) is 0. The quantitative estimate of drug-likeness (QED) is 0.846. The maximum Gasteiger partial charge on any atom is 0.271 e. The van der Waals surface area contributed by atoms with E-state index in [0.717, 1.165) is 17.1 Å². The van der Waals surface area contributed by atoms with Gasteiger partial charge in [0.25, 0.3) is 5.91 Å². The first-order valence-electron chi connectivity index (χ1n) is 8.23. The van der Waals surface area contributed by atoms with Gasteiger partial charge in [0.1, 0.15) is 10.6 Å². The maximum absolute atomic E-state index is 12.6. The first-order valence-corrected chi connectivity index (χ1v) is 10.0. The summed E-state index contributed by atoms with van der Waals surface area (Å²) >= 11 is 5.90. The highest BCUT2D eigenvalue weighted by atomic mass is 35.5. The molecule has 6 nitrogen and oxygen atoms in total. The number of carbonyl (C=O) groups excluding carboxylic acids is 1. The molecule has 26 heavy (non-hydrogen) atoms. The Morgan fingerprint density at radius 1 is 1.19 bits per heavy atom. The molecule has 2 aromatic rings. The number of rotatable bonds is 5. The Hall–Kier alpha value is -1.96. The van der Waals surface area contributed by atoms with Crippen molar-refractivity contribution in [3.8, 4) is 0 Å². The lowest BCUT2D eigenvalue weighted by atomic mass is 9.76. The lowest BCUT2D eigenvalue weighted by Crippen LogP contribution is -2.44. The number of aromatic nitrogens is 1. The molecule has 1 aliphatic carbocycles. The average Bonchev–Trinajstić information content (AvgIpc) is 2.58. The molecule has 8 heteroatoms. The van der Waals surface area contributed by atoms with Crippen molar-refractivity contribution in [2.75, 3.05) is 14.1 Å². The molecule has 0 radical (unpaired) electrons. The van der Waals surface area contributed by atoms with Gasteiger partial charge in [-0.05, 0) is 48.6 Å². The van der Waals surface area contributed by atoms with E-state index in [9.17, 15) is 13.2 Å². The van der Waals surface area contributed by atoms with E-state index in [0.29, 0.717) is 10.9 Å². The first kappa shape index (κ1) is 18.8. The molecule has 1 fully saturated rings. The topological polar surface area (TPSA) is 79.4 Å². The monoisotopic (exact) mass is 393 g/mol. The second-order valence-electron chi connectivity index (χ2n) is 6.53. The fourth-order valence-corrected chi connectivity index (χ4v) is 4.12. The lowest BCUT2D eigenvalue weighted by molar-refractivity contribution is 0.0900. The van der Waals surface area contributed by atoms with Crippen LogP contribution in [0.4, 0.5) is 0 Å². The smallest absolute Gasteiger partial charge is 0.271 e. The summed E-state index contributed by atoms with van der Waals surface area (Å²) < 4.78 is 25.8. The van der Waals surface area contributed by atoms with E-state index in [1.165, 1.54) is 38.0 Å². The van der Waals surface area contributed by atoms with Crippen molar-refractivity contribution in [1.29, 1.82) is 0 Å². The van der Waals surface area contributed by atoms with Gasteiger partial charge in [-0.2, -0.15) is 0 Å². The lowest BCUT2D eigenvalue weighted by Gasteiger charge is -2.36. The molecule has 0 aliphatic heterocycles. The fourth-order valence-electron chi connectivity index (χ4n) is 2.96. The van der Waals surface area contributed by atoms with Crippen LogP contribution in [0.15, 0.2) is 47.5 Å². The number of hydrogen-bond donors (Lipinski definition) is 1. The summed E-state index contributed by atoms with van der Waals surface area (Å²) in [6.07, 6.45) is 3.02. The molecule has 0 atom stereocenters. The molecule has 0 spiro atoms. The van der Waals surface area contributed by atoms with Crippen molar-refractivity contribution < 1.29 is 13.2 Å². The largest absolute Gasteiger partial charge is 0.348 e. The Balaban J connectivity index is 1.68. The van der Waals surface area contributed by atoms with Crippen LogP contribution in [-0.2, 0) is 10.0 Å². The minimum Gasteiger partial charge on any atom is -0.348 e. The number of sulfonamides is 1. The summed E-state index contributed by atoms with van der Waals surface area (Å²) in [5, 5.41) is 3.58. The molecule has 0 bridgehead atoms. The minimum atomic E-state index is -3.74. The van der Waals surface area contributed by atoms with Crippen LogP contribution < -0.4 is 5.32 Å². The summed E-state index contributed by atoms with van der Waals surface area (Å²) in [5.74, 6) is -0.100. The number of hydrogen-bond acceptors (Lipinski definition) is 4. The third-order valence-corrected chi connectivity index (χ3v) is 6.66. The Morgan fingerprint density at radius 2 is 1.85 bits per heavy atom. The van der Waals surface area contributed by atoms with Gasteiger partial charge in [-0.3, -0.25) is 4.79 Å². The fraction of sp³-hybridized carbons (Fsp3) is 0.333. The Labute approximate surface area is 158 Å². The van der Waals surface area contributed by atoms with Gasteiger partial charge in [0.2, 0.25) is 10.0 Å². The van der Waals surface area contributed by atoms with Crippen molar-refractivity contribution in [1.82, 2.24) is 14.6 Å². The molecule has 0 saturated heterocycles. The zero-order valence-electron chi connectivity index (χ0n) is 14.5. The summed E-state index contributed by atoms with van der Waals surface area (Å²) in [7, 11) is -0.891. The van der Waals surface area contributed by atoms with Crippen LogP contribution in [0.1, 0.15) is 34.8 Å². The zero-order valence-corrected chi connectivity index (χ0v) is 16.1. The van der Waals surface area contributed by atoms with Crippen LogP contribution in [0.25, 0.3) is 0 Å². The molecule has 1 aliphatic rings. The van der Waals surface area contributed by atoms with Crippen LogP contribution in [0, 0.1) is 0 Å². The second-order valence-corrected chi connectivity index (χ2v) is 9.08. The van der Waals surface area contributed by atoms with Gasteiger partial charge in [0.05, 0.1) is 0 Å². The van der Waals surface area contributed by atoms with E-state index in [1.807, 2.05) is 24.3 Å². The first-order chi connectivity index (χ1) is 12.3. The normalized spacial score (nSPS) is 19.8. The highest BCUT2D eigenvalue weighted by molar-refractivity contribution is 7.89. The van der Waals surface area contributed by atoms with E-state index in [4.69, 9.17) is 11.6 Å². The summed E-state index contributed by atoms with van der Waals surface area (Å²) in [4.78, 5) is 16.5. The molecule has 138 valence electrons. The molecular formula is C18H20ClN3O3S. The van der Waals surface area contributed by atoms with Gasteiger partial charge >= 0.3 is 0 Å². The minimum absolute atomic E-state index is 0.0000874. The van der Waals surface area contributed by atoms with Crippen molar-refractivity contribution in [3.05, 3.63) is 58.9 Å². The number of carbonyl (C=O) groups is 1. The predicted octanol–water partition coefficient (Wildman–Crippen LogP) is 2.66. The van der Waals surface area contributed by atoms with Gasteiger partial charge in [-0.25, -0.2) is 17.7 Å². The van der Waals surface area contributed by atoms with Crippen molar-refractivity contribution >= 4 is 27.5 Å². The zero-order chi connectivity index (χ0) is 18.9. The third-order valence-electron chi connectivity index (χ3n) is 4.56. The number of pyridine rings is 1. The van der Waals surface area contributed by atoms with Crippen molar-refractivity contribution in [3.63, 3.8) is 0 Å². The van der Waals surface area contributed by atoms with E-state index in [2.05, 4.69) is 10.3 Å². The molecular weight excluding hydrogens is 374 g/mol. The van der Waals surface area contributed by atoms with Gasteiger partial charge < -0.3 is 5.32 Å². The number of nitrogens with zero attached hydrogens (tertiary/aromatic N) is 2. The van der Waals surface area contributed by atoms with Gasteiger partial charge in [0, 0.05) is 31.4 Å². The van der Waals surface area contributed by atoms with Crippen LogP contribution in [-0.4, -0.2) is 43.8 Å². The number of nitrogens with one attached hydrogen (secondary N) is 1. The van der Waals surface area contributed by atoms with Crippen molar-refractivity contribution in [2.24, 2.45) is 0 Å². The van der Waals surface area contributed by atoms with Crippen molar-refractivity contribution in [2.45, 2.75) is 29.7 Å². The molecule has 1 aromatic heterocycles. The molecule has 1 saturated carbocycles. The second kappa shape index (κ2) is 7.34. The summed E-state index contributed by atoms with van der Waals surface area (Å²) in [6, 6.07) is 10.6. The van der Waals surface area contributed by atoms with Crippen LogP contribution in [0.3, 0.4) is 0 Å². The average molecular weight is 394 g/mol. The standard InChI is InChI=1S/C18H20ClN3O3S/c1-22(2)26(24,25)16-4-3-9-20-17(16)18(23)21-15-10-13(11-15)12-5-7-14(19)8-6-12/h3-9,13,15H,10-11H2,1-2H3,(H,21,23).